The van der Waals surface area contributed by atoms with Crippen molar-refractivity contribution < 1.29 is 14.8 Å². The maximum atomic E-state index is 10.7. The molecule has 3 amide bonds. The van der Waals surface area contributed by atoms with Crippen LogP contribution in [0.4, 0.5) is 10.5 Å². The summed E-state index contributed by atoms with van der Waals surface area (Å²) >= 11 is 0. The molecule has 0 aliphatic rings. The van der Waals surface area contributed by atoms with Crippen LogP contribution >= 0.6 is 0 Å². The van der Waals surface area contributed by atoms with Gasteiger partial charge in [0.2, 0.25) is 6.41 Å². The summed E-state index contributed by atoms with van der Waals surface area (Å²) in [6.07, 6.45) is 0.430. The Morgan fingerprint density at radius 2 is 2.00 bits per heavy atom. The fraction of sp³-hybridized carbons (Fsp3) is 0.111. The first-order valence-corrected chi connectivity index (χ1v) is 4.19. The van der Waals surface area contributed by atoms with Crippen LogP contribution in [0, 0.1) is 6.92 Å². The topological polar surface area (TPSA) is 81.7 Å². The minimum Gasteiger partial charge on any atom is -0.287 e. The van der Waals surface area contributed by atoms with Crippen LogP contribution < -0.4 is 15.9 Å². The number of benzene rings is 1. The van der Waals surface area contributed by atoms with Gasteiger partial charge in [-0.25, -0.2) is 20.7 Å². The number of aryl methyl sites for hydroxylation is 1. The molecule has 0 unspecified atom stereocenters. The molecule has 80 valence electrons. The number of carbonyl (C=O) groups excluding carboxylic acids is 2. The second-order valence-corrected chi connectivity index (χ2v) is 2.86. The summed E-state index contributed by atoms with van der Waals surface area (Å²) in [7, 11) is 0. The van der Waals surface area contributed by atoms with Crippen LogP contribution in [0.3, 0.4) is 0 Å². The average Bonchev–Trinajstić information content (AvgIpc) is 2.27. The number of anilines is 1. The number of carbonyl (C=O) groups is 2. The van der Waals surface area contributed by atoms with E-state index >= 15 is 0 Å². The van der Waals surface area contributed by atoms with Crippen molar-refractivity contribution >= 4 is 18.1 Å². The Morgan fingerprint density at radius 1 is 1.40 bits per heavy atom. The molecular weight excluding hydrogens is 198 g/mol. The number of nitrogens with zero attached hydrogens (tertiary/aromatic N) is 1. The van der Waals surface area contributed by atoms with Crippen molar-refractivity contribution in [1.82, 2.24) is 10.9 Å². The number of hydrogen-bond acceptors (Lipinski definition) is 3. The first-order chi connectivity index (χ1) is 7.17. The monoisotopic (exact) mass is 209 g/mol. The van der Waals surface area contributed by atoms with E-state index in [1.165, 1.54) is 5.48 Å². The molecule has 0 saturated heterocycles. The summed E-state index contributed by atoms with van der Waals surface area (Å²) in [5.74, 6) is 0. The Kier molecular flexibility index (Phi) is 3.64. The molecule has 0 atom stereocenters. The van der Waals surface area contributed by atoms with Crippen molar-refractivity contribution in [2.75, 3.05) is 5.01 Å². The minimum atomic E-state index is -0.886. The maximum Gasteiger partial charge on any atom is 0.357 e. The van der Waals surface area contributed by atoms with Gasteiger partial charge < -0.3 is 0 Å². The van der Waals surface area contributed by atoms with E-state index in [4.69, 9.17) is 5.21 Å². The van der Waals surface area contributed by atoms with Crippen LogP contribution in [0.2, 0.25) is 0 Å². The van der Waals surface area contributed by atoms with E-state index in [-0.39, 0.29) is 0 Å². The lowest BCUT2D eigenvalue weighted by Crippen LogP contribution is -2.45. The van der Waals surface area contributed by atoms with Gasteiger partial charge >= 0.3 is 6.03 Å². The zero-order valence-electron chi connectivity index (χ0n) is 8.10. The summed E-state index contributed by atoms with van der Waals surface area (Å²) in [4.78, 5) is 21.4. The van der Waals surface area contributed by atoms with Gasteiger partial charge in [-0.05, 0) is 19.1 Å². The van der Waals surface area contributed by atoms with E-state index in [9.17, 15) is 9.59 Å². The lowest BCUT2D eigenvalue weighted by atomic mass is 10.2. The van der Waals surface area contributed by atoms with Crippen molar-refractivity contribution in [1.29, 1.82) is 0 Å². The SMILES string of the molecule is Cc1ccc(N(C=O)NC(=O)NO)cc1. The Bertz CT molecular complexity index is 350. The Hall–Kier alpha value is -2.08. The molecule has 0 bridgehead atoms. The highest BCUT2D eigenvalue weighted by Crippen LogP contribution is 2.11. The number of amides is 3. The van der Waals surface area contributed by atoms with Crippen molar-refractivity contribution in [3.8, 4) is 0 Å². The largest absolute Gasteiger partial charge is 0.357 e. The normalized spacial score (nSPS) is 9.20. The van der Waals surface area contributed by atoms with Crippen molar-refractivity contribution in [3.05, 3.63) is 29.8 Å². The third-order valence-corrected chi connectivity index (χ3v) is 1.74. The zero-order chi connectivity index (χ0) is 11.3. The molecule has 0 spiro atoms. The molecular formula is C9H11N3O3. The van der Waals surface area contributed by atoms with E-state index in [1.54, 1.807) is 24.3 Å². The molecule has 0 heterocycles. The van der Waals surface area contributed by atoms with Gasteiger partial charge in [0.25, 0.3) is 0 Å². The van der Waals surface area contributed by atoms with Gasteiger partial charge in [-0.1, -0.05) is 17.7 Å². The highest BCUT2D eigenvalue weighted by atomic mass is 16.5. The summed E-state index contributed by atoms with van der Waals surface area (Å²) in [6, 6.07) is 6.04. The van der Waals surface area contributed by atoms with Crippen molar-refractivity contribution in [2.45, 2.75) is 6.92 Å². The Morgan fingerprint density at radius 3 is 2.47 bits per heavy atom. The van der Waals surface area contributed by atoms with Gasteiger partial charge in [-0.3, -0.25) is 10.0 Å². The van der Waals surface area contributed by atoms with Gasteiger partial charge in [0, 0.05) is 0 Å². The van der Waals surface area contributed by atoms with Crippen molar-refractivity contribution in [3.63, 3.8) is 0 Å². The Labute approximate surface area is 86.4 Å². The number of hydrazine groups is 1. The smallest absolute Gasteiger partial charge is 0.287 e. The molecule has 1 aromatic carbocycles. The highest BCUT2D eigenvalue weighted by Gasteiger charge is 2.07. The number of urea groups is 1. The second kappa shape index (κ2) is 4.97. The third kappa shape index (κ3) is 2.96. The lowest BCUT2D eigenvalue weighted by Gasteiger charge is -2.17. The molecule has 0 aromatic heterocycles. The predicted molar refractivity (Wildman–Crippen MR) is 53.2 cm³/mol. The third-order valence-electron chi connectivity index (χ3n) is 1.74. The predicted octanol–water partition coefficient (Wildman–Crippen LogP) is 0.561. The summed E-state index contributed by atoms with van der Waals surface area (Å²) < 4.78 is 0. The van der Waals surface area contributed by atoms with Gasteiger partial charge in [-0.2, -0.15) is 0 Å². The molecule has 0 aliphatic heterocycles. The van der Waals surface area contributed by atoms with Crippen molar-refractivity contribution in [2.24, 2.45) is 0 Å². The van der Waals surface area contributed by atoms with Crippen LogP contribution in [0.25, 0.3) is 0 Å². The number of hydrogen-bond donors (Lipinski definition) is 3. The molecule has 3 N–H and O–H groups in total. The van der Waals surface area contributed by atoms with Crippen LogP contribution in [0.5, 0.6) is 0 Å². The summed E-state index contributed by atoms with van der Waals surface area (Å²) in [5, 5.41) is 9.21. The molecule has 6 heteroatoms. The maximum absolute atomic E-state index is 10.7. The number of hydroxylamine groups is 1. The zero-order valence-corrected chi connectivity index (χ0v) is 8.10. The molecule has 0 fully saturated rings. The number of nitrogens with one attached hydrogen (secondary N) is 2. The summed E-state index contributed by atoms with van der Waals surface area (Å²) in [5.41, 5.74) is 5.02. The molecule has 15 heavy (non-hydrogen) atoms. The lowest BCUT2D eigenvalue weighted by molar-refractivity contribution is -0.107. The molecule has 0 saturated carbocycles. The van der Waals surface area contributed by atoms with E-state index in [1.807, 2.05) is 6.92 Å². The first kappa shape index (κ1) is 11.0. The first-order valence-electron chi connectivity index (χ1n) is 4.19. The van der Waals surface area contributed by atoms with Crippen LogP contribution in [0.1, 0.15) is 5.56 Å². The average molecular weight is 209 g/mol. The second-order valence-electron chi connectivity index (χ2n) is 2.86. The van der Waals surface area contributed by atoms with Crippen LogP contribution in [-0.2, 0) is 4.79 Å². The van der Waals surface area contributed by atoms with E-state index < -0.39 is 6.03 Å². The fourth-order valence-electron chi connectivity index (χ4n) is 0.992. The molecule has 6 nitrogen and oxygen atoms in total. The van der Waals surface area contributed by atoms with Crippen LogP contribution in [-0.4, -0.2) is 17.6 Å². The quantitative estimate of drug-likeness (QED) is 0.386. The standard InChI is InChI=1S/C9H11N3O3/c1-7-2-4-8(5-3-7)12(6-13)10-9(14)11-15/h2-6,15H,1H3,(H2,10,11,14). The summed E-state index contributed by atoms with van der Waals surface area (Å²) in [6.45, 7) is 1.91. The van der Waals surface area contributed by atoms with E-state index in [2.05, 4.69) is 5.43 Å². The van der Waals surface area contributed by atoms with Gasteiger partial charge in [0.15, 0.2) is 0 Å². The highest BCUT2D eigenvalue weighted by molar-refractivity contribution is 5.83. The molecule has 1 rings (SSSR count). The van der Waals surface area contributed by atoms with E-state index in [0.29, 0.717) is 12.1 Å². The number of rotatable bonds is 3. The Balaban J connectivity index is 2.78. The van der Waals surface area contributed by atoms with Gasteiger partial charge in [0.1, 0.15) is 0 Å². The fourth-order valence-corrected chi connectivity index (χ4v) is 0.992. The molecule has 0 aliphatic carbocycles. The van der Waals surface area contributed by atoms with Crippen LogP contribution in [0.15, 0.2) is 24.3 Å². The van der Waals surface area contributed by atoms with Gasteiger partial charge in [-0.15, -0.1) is 0 Å². The van der Waals surface area contributed by atoms with Gasteiger partial charge in [0.05, 0.1) is 5.69 Å². The molecule has 0 radical (unpaired) electrons. The van der Waals surface area contributed by atoms with E-state index in [0.717, 1.165) is 10.6 Å². The minimum absolute atomic E-state index is 0.430. The molecule has 1 aromatic rings.